The van der Waals surface area contributed by atoms with Crippen LogP contribution in [0.3, 0.4) is 0 Å². The molecule has 19 heavy (non-hydrogen) atoms. The molecule has 0 aliphatic rings. The van der Waals surface area contributed by atoms with Gasteiger partial charge in [0.15, 0.2) is 5.82 Å². The quantitative estimate of drug-likeness (QED) is 0.888. The Hall–Kier alpha value is -1.39. The minimum Gasteiger partial charge on any atom is -0.394 e. The van der Waals surface area contributed by atoms with Crippen LogP contribution in [0, 0.1) is 6.92 Å². The van der Waals surface area contributed by atoms with Crippen molar-refractivity contribution in [2.45, 2.75) is 26.8 Å². The van der Waals surface area contributed by atoms with Gasteiger partial charge in [0, 0.05) is 6.54 Å². The van der Waals surface area contributed by atoms with Crippen molar-refractivity contribution in [2.75, 3.05) is 11.1 Å². The number of aryl methyl sites for hydroxylation is 2. The van der Waals surface area contributed by atoms with E-state index in [2.05, 4.69) is 17.3 Å². The van der Waals surface area contributed by atoms with Gasteiger partial charge in [0.2, 0.25) is 0 Å². The highest BCUT2D eigenvalue weighted by Gasteiger charge is 2.14. The fourth-order valence-electron chi connectivity index (χ4n) is 1.83. The van der Waals surface area contributed by atoms with Crippen molar-refractivity contribution < 1.29 is 0 Å². The first-order valence-corrected chi connectivity index (χ1v) is 6.84. The minimum absolute atomic E-state index is 0.477. The number of nitrogens with one attached hydrogen (secondary N) is 1. The second kappa shape index (κ2) is 5.72. The topological polar surface area (TPSA) is 55.9 Å². The third-order valence-electron chi connectivity index (χ3n) is 2.81. The summed E-state index contributed by atoms with van der Waals surface area (Å²) in [7, 11) is 0. The molecule has 1 aromatic carbocycles. The lowest BCUT2D eigenvalue weighted by molar-refractivity contribution is 0.605. The van der Waals surface area contributed by atoms with Crippen molar-refractivity contribution in [1.82, 2.24) is 9.78 Å². The summed E-state index contributed by atoms with van der Waals surface area (Å²) >= 11 is 12.2. The zero-order valence-corrected chi connectivity index (χ0v) is 12.4. The molecule has 1 heterocycles. The molecule has 0 aliphatic heterocycles. The minimum atomic E-state index is 0.477. The number of nitrogens with zero attached hydrogens (tertiary/aromatic N) is 2. The van der Waals surface area contributed by atoms with E-state index in [1.165, 1.54) is 0 Å². The summed E-state index contributed by atoms with van der Waals surface area (Å²) in [5.74, 6) is 0.753. The second-order valence-corrected chi connectivity index (χ2v) is 5.08. The van der Waals surface area contributed by atoms with Crippen LogP contribution < -0.4 is 11.1 Å². The lowest BCUT2D eigenvalue weighted by Gasteiger charge is -2.12. The number of anilines is 3. The highest BCUT2D eigenvalue weighted by Crippen LogP contribution is 2.34. The first-order chi connectivity index (χ1) is 9.04. The maximum absolute atomic E-state index is 6.17. The van der Waals surface area contributed by atoms with Gasteiger partial charge in [-0.25, -0.2) is 4.68 Å². The summed E-state index contributed by atoms with van der Waals surface area (Å²) in [5, 5.41) is 8.60. The van der Waals surface area contributed by atoms with Gasteiger partial charge in [-0.1, -0.05) is 36.2 Å². The first kappa shape index (κ1) is 14.0. The number of nitrogen functional groups attached to an aromatic ring is 1. The number of hydrogen-bond acceptors (Lipinski definition) is 3. The molecule has 2 rings (SSSR count). The van der Waals surface area contributed by atoms with Gasteiger partial charge in [0.1, 0.15) is 0 Å². The number of halogens is 2. The molecular weight excluding hydrogens is 283 g/mol. The molecule has 0 aliphatic carbocycles. The molecule has 0 saturated heterocycles. The lowest BCUT2D eigenvalue weighted by atomic mass is 10.3. The Morgan fingerprint density at radius 1 is 1.37 bits per heavy atom. The predicted octanol–water partition coefficient (Wildman–Crippen LogP) is 4.23. The van der Waals surface area contributed by atoms with Gasteiger partial charge in [-0.15, -0.1) is 0 Å². The molecule has 6 heteroatoms. The average molecular weight is 299 g/mol. The first-order valence-electron chi connectivity index (χ1n) is 6.08. The van der Waals surface area contributed by atoms with Crippen LogP contribution in [0.4, 0.5) is 17.2 Å². The van der Waals surface area contributed by atoms with Crippen LogP contribution >= 0.6 is 23.2 Å². The Balaban J connectivity index is 2.40. The molecule has 0 bridgehead atoms. The van der Waals surface area contributed by atoms with E-state index in [0.717, 1.165) is 30.2 Å². The SMILES string of the molecule is CCCn1nc(C)c(N)c1Nc1cccc(Cl)c1Cl. The number of benzene rings is 1. The van der Waals surface area contributed by atoms with Crippen molar-refractivity contribution in [3.63, 3.8) is 0 Å². The third kappa shape index (κ3) is 2.80. The molecule has 0 unspecified atom stereocenters. The molecule has 0 atom stereocenters. The molecule has 1 aromatic heterocycles. The molecule has 0 amide bonds. The Morgan fingerprint density at radius 2 is 2.11 bits per heavy atom. The smallest absolute Gasteiger partial charge is 0.152 e. The fraction of sp³-hybridized carbons (Fsp3) is 0.308. The summed E-state index contributed by atoms with van der Waals surface area (Å²) in [6, 6.07) is 5.43. The monoisotopic (exact) mass is 298 g/mol. The van der Waals surface area contributed by atoms with Crippen molar-refractivity contribution in [3.05, 3.63) is 33.9 Å². The van der Waals surface area contributed by atoms with E-state index in [0.29, 0.717) is 15.7 Å². The highest BCUT2D eigenvalue weighted by atomic mass is 35.5. The maximum atomic E-state index is 6.17. The van der Waals surface area contributed by atoms with Crippen LogP contribution in [-0.2, 0) is 6.54 Å². The summed E-state index contributed by atoms with van der Waals surface area (Å²) < 4.78 is 1.85. The standard InChI is InChI=1S/C13H16Cl2N4/c1-3-7-19-13(12(16)8(2)18-19)17-10-6-4-5-9(14)11(10)15/h4-6,17H,3,7,16H2,1-2H3. The van der Waals surface area contributed by atoms with Crippen LogP contribution in [0.15, 0.2) is 18.2 Å². The van der Waals surface area contributed by atoms with Gasteiger partial charge in [-0.2, -0.15) is 5.10 Å². The molecule has 0 saturated carbocycles. The van der Waals surface area contributed by atoms with Gasteiger partial charge < -0.3 is 11.1 Å². The Bertz CT molecular complexity index is 593. The lowest BCUT2D eigenvalue weighted by Crippen LogP contribution is -2.06. The van der Waals surface area contributed by atoms with E-state index in [-0.39, 0.29) is 0 Å². The second-order valence-electron chi connectivity index (χ2n) is 4.30. The maximum Gasteiger partial charge on any atom is 0.152 e. The van der Waals surface area contributed by atoms with E-state index in [1.807, 2.05) is 23.7 Å². The summed E-state index contributed by atoms with van der Waals surface area (Å²) in [4.78, 5) is 0. The molecule has 0 radical (unpaired) electrons. The highest BCUT2D eigenvalue weighted by molar-refractivity contribution is 6.43. The number of aromatic nitrogens is 2. The van der Waals surface area contributed by atoms with E-state index in [9.17, 15) is 0 Å². The molecule has 102 valence electrons. The van der Waals surface area contributed by atoms with Crippen LogP contribution in [-0.4, -0.2) is 9.78 Å². The Morgan fingerprint density at radius 3 is 2.79 bits per heavy atom. The number of nitrogens with two attached hydrogens (primary N) is 1. The molecule has 4 nitrogen and oxygen atoms in total. The van der Waals surface area contributed by atoms with E-state index in [4.69, 9.17) is 28.9 Å². The third-order valence-corrected chi connectivity index (χ3v) is 3.63. The fourth-order valence-corrected chi connectivity index (χ4v) is 2.18. The van der Waals surface area contributed by atoms with Crippen LogP contribution in [0.1, 0.15) is 19.0 Å². The van der Waals surface area contributed by atoms with Crippen molar-refractivity contribution in [1.29, 1.82) is 0 Å². The molecule has 3 N–H and O–H groups in total. The molecule has 0 spiro atoms. The molecular formula is C13H16Cl2N4. The largest absolute Gasteiger partial charge is 0.394 e. The van der Waals surface area contributed by atoms with Gasteiger partial charge in [-0.3, -0.25) is 0 Å². The summed E-state index contributed by atoms with van der Waals surface area (Å²) in [6.07, 6.45) is 0.971. The Labute approximate surface area is 122 Å². The van der Waals surface area contributed by atoms with Crippen molar-refractivity contribution in [2.24, 2.45) is 0 Å². The van der Waals surface area contributed by atoms with Gasteiger partial charge in [-0.05, 0) is 25.5 Å². The van der Waals surface area contributed by atoms with Crippen LogP contribution in [0.2, 0.25) is 10.0 Å². The Kier molecular flexibility index (Phi) is 4.22. The van der Waals surface area contributed by atoms with Gasteiger partial charge >= 0.3 is 0 Å². The van der Waals surface area contributed by atoms with Crippen LogP contribution in [0.25, 0.3) is 0 Å². The van der Waals surface area contributed by atoms with Crippen molar-refractivity contribution >= 4 is 40.4 Å². The predicted molar refractivity (Wildman–Crippen MR) is 81.4 cm³/mol. The number of rotatable bonds is 4. The average Bonchev–Trinajstić information content (AvgIpc) is 2.63. The van der Waals surface area contributed by atoms with Gasteiger partial charge in [0.25, 0.3) is 0 Å². The number of hydrogen-bond donors (Lipinski definition) is 2. The van der Waals surface area contributed by atoms with Gasteiger partial charge in [0.05, 0.1) is 27.1 Å². The molecule has 0 fully saturated rings. The van der Waals surface area contributed by atoms with Crippen molar-refractivity contribution in [3.8, 4) is 0 Å². The van der Waals surface area contributed by atoms with E-state index >= 15 is 0 Å². The zero-order valence-electron chi connectivity index (χ0n) is 10.9. The normalized spacial score (nSPS) is 10.7. The zero-order chi connectivity index (χ0) is 14.0. The van der Waals surface area contributed by atoms with E-state index in [1.54, 1.807) is 6.07 Å². The summed E-state index contributed by atoms with van der Waals surface area (Å²) in [5.41, 5.74) is 8.20. The summed E-state index contributed by atoms with van der Waals surface area (Å²) in [6.45, 7) is 4.76. The molecule has 2 aromatic rings. The van der Waals surface area contributed by atoms with Crippen LogP contribution in [0.5, 0.6) is 0 Å². The van der Waals surface area contributed by atoms with E-state index < -0.39 is 0 Å².